The predicted molar refractivity (Wildman–Crippen MR) is 117 cm³/mol. The Kier molecular flexibility index (Phi) is 6.04. The van der Waals surface area contributed by atoms with Gasteiger partial charge in [0.2, 0.25) is 0 Å². The molecule has 0 bridgehead atoms. The average molecular weight is 448 g/mol. The zero-order valence-electron chi connectivity index (χ0n) is 16.6. The number of fused-ring (bicyclic) bond motifs is 1. The van der Waals surface area contributed by atoms with Gasteiger partial charge in [-0.3, -0.25) is 14.9 Å². The maximum Gasteiger partial charge on any atom is 0.348 e. The number of methoxy groups -OCH3 is 1. The number of hydrogen-bond donors (Lipinski definition) is 1. The SMILES string of the molecule is COC(=O)c1sc2nc(/C(Cl)=C/c3ccc(C(C)C)c([N+](=O)[O-])c3)[nH]c(=O)c2c1C. The average Bonchev–Trinajstić information content (AvgIpc) is 3.04. The second kappa shape index (κ2) is 8.37. The van der Waals surface area contributed by atoms with Crippen LogP contribution in [0.3, 0.4) is 0 Å². The third-order valence-electron chi connectivity index (χ3n) is 4.56. The van der Waals surface area contributed by atoms with Crippen LogP contribution in [0.15, 0.2) is 23.0 Å². The summed E-state index contributed by atoms with van der Waals surface area (Å²) in [7, 11) is 1.26. The minimum absolute atomic E-state index is 0.00303. The lowest BCUT2D eigenvalue weighted by molar-refractivity contribution is -0.385. The number of aryl methyl sites for hydroxylation is 1. The highest BCUT2D eigenvalue weighted by Crippen LogP contribution is 2.31. The number of carbonyl (C=O) groups is 1. The van der Waals surface area contributed by atoms with Gasteiger partial charge in [0, 0.05) is 11.6 Å². The van der Waals surface area contributed by atoms with Gasteiger partial charge >= 0.3 is 5.97 Å². The number of esters is 1. The molecule has 30 heavy (non-hydrogen) atoms. The van der Waals surface area contributed by atoms with Crippen LogP contribution in [0.4, 0.5) is 5.69 Å². The lowest BCUT2D eigenvalue weighted by Gasteiger charge is -2.07. The monoisotopic (exact) mass is 447 g/mol. The molecule has 8 nitrogen and oxygen atoms in total. The molecule has 2 heterocycles. The first-order chi connectivity index (χ1) is 14.1. The van der Waals surface area contributed by atoms with Crippen molar-refractivity contribution < 1.29 is 14.5 Å². The van der Waals surface area contributed by atoms with E-state index in [1.54, 1.807) is 19.1 Å². The molecular formula is C20H18ClN3O5S. The van der Waals surface area contributed by atoms with Crippen molar-refractivity contribution in [2.75, 3.05) is 7.11 Å². The van der Waals surface area contributed by atoms with E-state index in [1.165, 1.54) is 19.3 Å². The summed E-state index contributed by atoms with van der Waals surface area (Å²) in [5.41, 5.74) is 1.16. The van der Waals surface area contributed by atoms with Gasteiger partial charge in [0.15, 0.2) is 5.82 Å². The van der Waals surface area contributed by atoms with E-state index in [4.69, 9.17) is 16.3 Å². The molecule has 0 amide bonds. The number of thiophene rings is 1. The van der Waals surface area contributed by atoms with Crippen molar-refractivity contribution in [2.24, 2.45) is 0 Å². The lowest BCUT2D eigenvalue weighted by Crippen LogP contribution is -2.10. The molecule has 156 valence electrons. The van der Waals surface area contributed by atoms with Crippen molar-refractivity contribution in [3.63, 3.8) is 0 Å². The summed E-state index contributed by atoms with van der Waals surface area (Å²) in [4.78, 5) is 43.0. The number of benzene rings is 1. The van der Waals surface area contributed by atoms with E-state index in [0.717, 1.165) is 11.3 Å². The third-order valence-corrected chi connectivity index (χ3v) is 6.02. The van der Waals surface area contributed by atoms with Gasteiger partial charge in [-0.1, -0.05) is 37.6 Å². The largest absolute Gasteiger partial charge is 0.465 e. The molecule has 0 aliphatic carbocycles. The molecule has 1 N–H and O–H groups in total. The first-order valence-corrected chi connectivity index (χ1v) is 10.1. The van der Waals surface area contributed by atoms with Crippen molar-refractivity contribution in [1.29, 1.82) is 0 Å². The Bertz CT molecular complexity index is 1260. The Labute approximate surface area is 180 Å². The van der Waals surface area contributed by atoms with E-state index in [1.807, 2.05) is 13.8 Å². The summed E-state index contributed by atoms with van der Waals surface area (Å²) in [6, 6.07) is 4.83. The van der Waals surface area contributed by atoms with Gasteiger partial charge in [0.25, 0.3) is 11.2 Å². The van der Waals surface area contributed by atoms with Gasteiger partial charge in [-0.05, 0) is 30.0 Å². The van der Waals surface area contributed by atoms with E-state index >= 15 is 0 Å². The fourth-order valence-corrected chi connectivity index (χ4v) is 4.37. The number of halogens is 1. The highest BCUT2D eigenvalue weighted by Gasteiger charge is 2.21. The van der Waals surface area contributed by atoms with Crippen LogP contribution in [0.2, 0.25) is 0 Å². The number of nitro benzene ring substituents is 1. The molecule has 0 saturated carbocycles. The first-order valence-electron chi connectivity index (χ1n) is 8.91. The quantitative estimate of drug-likeness (QED) is 0.339. The summed E-state index contributed by atoms with van der Waals surface area (Å²) in [6.45, 7) is 5.40. The van der Waals surface area contributed by atoms with E-state index in [9.17, 15) is 19.7 Å². The number of rotatable bonds is 5. The molecule has 0 atom stereocenters. The summed E-state index contributed by atoms with van der Waals surface area (Å²) in [5, 5.41) is 11.8. The van der Waals surface area contributed by atoms with Crippen LogP contribution < -0.4 is 5.56 Å². The van der Waals surface area contributed by atoms with Crippen molar-refractivity contribution in [3.05, 3.63) is 66.1 Å². The third kappa shape index (κ3) is 3.99. The van der Waals surface area contributed by atoms with E-state index in [-0.39, 0.29) is 22.5 Å². The molecule has 0 aliphatic heterocycles. The Hall–Kier alpha value is -3.04. The number of aromatic amines is 1. The number of nitrogens with one attached hydrogen (secondary N) is 1. The molecule has 3 aromatic rings. The highest BCUT2D eigenvalue weighted by atomic mass is 35.5. The molecule has 0 fully saturated rings. The maximum atomic E-state index is 12.5. The standard InChI is InChI=1S/C20H18ClN3O5S/c1-9(2)12-6-5-11(8-14(12)24(27)28)7-13(21)17-22-18(25)15-10(3)16(20(26)29-4)30-19(15)23-17/h5-9H,1-4H3,(H,22,23,25)/b13-7-. The van der Waals surface area contributed by atoms with Gasteiger partial charge in [0.05, 0.1) is 22.5 Å². The van der Waals surface area contributed by atoms with Gasteiger partial charge in [-0.15, -0.1) is 11.3 Å². The summed E-state index contributed by atoms with van der Waals surface area (Å²) in [6.07, 6.45) is 1.49. The van der Waals surface area contributed by atoms with Crippen LogP contribution in [-0.4, -0.2) is 28.0 Å². The second-order valence-electron chi connectivity index (χ2n) is 6.86. The first kappa shape index (κ1) is 21.7. The van der Waals surface area contributed by atoms with Crippen LogP contribution in [-0.2, 0) is 4.74 Å². The number of nitro groups is 1. The Morgan fingerprint density at radius 3 is 2.70 bits per heavy atom. The predicted octanol–water partition coefficient (Wildman–Crippen LogP) is 4.85. The Morgan fingerprint density at radius 1 is 1.40 bits per heavy atom. The molecule has 1 aromatic carbocycles. The molecule has 0 aliphatic rings. The van der Waals surface area contributed by atoms with Crippen molar-refractivity contribution >= 4 is 55.9 Å². The van der Waals surface area contributed by atoms with Crippen LogP contribution in [0.5, 0.6) is 0 Å². The van der Waals surface area contributed by atoms with Gasteiger partial charge < -0.3 is 9.72 Å². The number of H-pyrrole nitrogens is 1. The molecule has 0 unspecified atom stereocenters. The number of aromatic nitrogens is 2. The van der Waals surface area contributed by atoms with Crippen LogP contribution in [0, 0.1) is 17.0 Å². The fraction of sp³-hybridized carbons (Fsp3) is 0.250. The molecule has 3 rings (SSSR count). The summed E-state index contributed by atoms with van der Waals surface area (Å²) >= 11 is 7.39. The van der Waals surface area contributed by atoms with Crippen molar-refractivity contribution in [3.8, 4) is 0 Å². The molecule has 0 spiro atoms. The molecule has 10 heteroatoms. The lowest BCUT2D eigenvalue weighted by atomic mass is 9.99. The normalized spacial score (nSPS) is 11.9. The Balaban J connectivity index is 2.09. The van der Waals surface area contributed by atoms with Crippen LogP contribution >= 0.6 is 22.9 Å². The number of carbonyl (C=O) groups excluding carboxylic acids is 1. The Morgan fingerprint density at radius 2 is 2.10 bits per heavy atom. The zero-order valence-corrected chi connectivity index (χ0v) is 18.2. The van der Waals surface area contributed by atoms with E-state index in [0.29, 0.717) is 31.8 Å². The second-order valence-corrected chi connectivity index (χ2v) is 8.27. The van der Waals surface area contributed by atoms with Crippen LogP contribution in [0.1, 0.15) is 52.0 Å². The molecule has 2 aromatic heterocycles. The molecule has 0 saturated heterocycles. The van der Waals surface area contributed by atoms with Crippen molar-refractivity contribution in [1.82, 2.24) is 9.97 Å². The maximum absolute atomic E-state index is 12.5. The fourth-order valence-electron chi connectivity index (χ4n) is 3.06. The zero-order chi connectivity index (χ0) is 22.2. The van der Waals surface area contributed by atoms with Gasteiger partial charge in [-0.25, -0.2) is 9.78 Å². The molecule has 0 radical (unpaired) electrons. The minimum atomic E-state index is -0.546. The topological polar surface area (TPSA) is 115 Å². The van der Waals surface area contributed by atoms with Gasteiger partial charge in [0.1, 0.15) is 9.71 Å². The number of nitrogens with zero attached hydrogens (tertiary/aromatic N) is 2. The van der Waals surface area contributed by atoms with E-state index < -0.39 is 16.5 Å². The number of hydrogen-bond acceptors (Lipinski definition) is 7. The molecular weight excluding hydrogens is 430 g/mol. The highest BCUT2D eigenvalue weighted by molar-refractivity contribution is 7.20. The smallest absolute Gasteiger partial charge is 0.348 e. The van der Waals surface area contributed by atoms with Crippen molar-refractivity contribution in [2.45, 2.75) is 26.7 Å². The number of ether oxygens (including phenoxy) is 1. The minimum Gasteiger partial charge on any atom is -0.465 e. The summed E-state index contributed by atoms with van der Waals surface area (Å²) < 4.78 is 4.74. The summed E-state index contributed by atoms with van der Waals surface area (Å²) in [5.74, 6) is -0.455. The van der Waals surface area contributed by atoms with E-state index in [2.05, 4.69) is 9.97 Å². The van der Waals surface area contributed by atoms with Crippen LogP contribution in [0.25, 0.3) is 21.3 Å². The van der Waals surface area contributed by atoms with Gasteiger partial charge in [-0.2, -0.15) is 0 Å².